The molecule has 1 unspecified atom stereocenters. The van der Waals surface area contributed by atoms with Gasteiger partial charge in [0.25, 0.3) is 6.23 Å². The molecule has 2 heterocycles. The Morgan fingerprint density at radius 3 is 1.77 bits per heavy atom. The third-order valence-corrected chi connectivity index (χ3v) is 5.10. The number of hydrogen-bond donors (Lipinski definition) is 1. The third-order valence-electron chi connectivity index (χ3n) is 5.10. The van der Waals surface area contributed by atoms with Gasteiger partial charge in [-0.3, -0.25) is 0 Å². The Balaban J connectivity index is 1.73. The Morgan fingerprint density at radius 1 is 0.731 bits per heavy atom. The number of unbranched alkanes of at least 4 members (excludes halogenated alkanes) is 7. The van der Waals surface area contributed by atoms with Gasteiger partial charge in [0.1, 0.15) is 6.54 Å². The molecular formula is C23H36N2O+2. The van der Waals surface area contributed by atoms with E-state index in [-0.39, 0.29) is 0 Å². The molecule has 26 heavy (non-hydrogen) atoms. The molecule has 0 spiro atoms. The van der Waals surface area contributed by atoms with Crippen LogP contribution in [0.1, 0.15) is 77.9 Å². The Labute approximate surface area is 159 Å². The largest absolute Gasteiger partial charge is 0.337 e. The molecule has 0 aliphatic heterocycles. The minimum absolute atomic E-state index is 0.415. The summed E-state index contributed by atoms with van der Waals surface area (Å²) in [5.74, 6) is 0. The predicted octanol–water partition coefficient (Wildman–Crippen LogP) is 4.97. The van der Waals surface area contributed by atoms with Gasteiger partial charge in [-0.25, -0.2) is 4.57 Å². The van der Waals surface area contributed by atoms with Gasteiger partial charge >= 0.3 is 0 Å². The van der Waals surface area contributed by atoms with E-state index in [0.29, 0.717) is 0 Å². The lowest BCUT2D eigenvalue weighted by Crippen LogP contribution is -2.38. The molecule has 2 rings (SSSR count). The lowest BCUT2D eigenvalue weighted by atomic mass is 10.1. The van der Waals surface area contributed by atoms with E-state index in [0.717, 1.165) is 19.4 Å². The zero-order valence-corrected chi connectivity index (χ0v) is 16.6. The van der Waals surface area contributed by atoms with Gasteiger partial charge in [-0.1, -0.05) is 51.9 Å². The molecular weight excluding hydrogens is 320 g/mol. The predicted molar refractivity (Wildman–Crippen MR) is 106 cm³/mol. The van der Waals surface area contributed by atoms with E-state index >= 15 is 0 Å². The number of aryl methyl sites for hydroxylation is 1. The highest BCUT2D eigenvalue weighted by molar-refractivity contribution is 5.60. The number of pyridine rings is 2. The van der Waals surface area contributed by atoms with Crippen molar-refractivity contribution in [3.05, 3.63) is 49.1 Å². The molecule has 0 radical (unpaired) electrons. The fraction of sp³-hybridized carbons (Fsp3) is 0.565. The summed E-state index contributed by atoms with van der Waals surface area (Å²) in [6.45, 7) is 5.38. The van der Waals surface area contributed by atoms with Crippen LogP contribution in [-0.4, -0.2) is 5.11 Å². The van der Waals surface area contributed by atoms with E-state index < -0.39 is 6.23 Å². The van der Waals surface area contributed by atoms with Gasteiger partial charge in [-0.05, 0) is 24.5 Å². The number of aliphatic hydroxyl groups is 1. The van der Waals surface area contributed by atoms with Gasteiger partial charge in [0.15, 0.2) is 24.8 Å². The van der Waals surface area contributed by atoms with E-state index in [2.05, 4.69) is 55.1 Å². The molecule has 0 amide bonds. The summed E-state index contributed by atoms with van der Waals surface area (Å²) in [6.07, 6.45) is 19.0. The lowest BCUT2D eigenvalue weighted by molar-refractivity contribution is -0.760. The first kappa shape index (κ1) is 20.6. The molecule has 1 atom stereocenters. The van der Waals surface area contributed by atoms with E-state index in [1.807, 2.05) is 17.0 Å². The highest BCUT2D eigenvalue weighted by atomic mass is 16.3. The van der Waals surface area contributed by atoms with E-state index in [1.165, 1.54) is 56.1 Å². The van der Waals surface area contributed by atoms with Crippen LogP contribution in [0.4, 0.5) is 0 Å². The van der Waals surface area contributed by atoms with Crippen molar-refractivity contribution in [2.45, 2.75) is 84.4 Å². The fourth-order valence-electron chi connectivity index (χ4n) is 3.30. The molecule has 2 aromatic heterocycles. The fourth-order valence-corrected chi connectivity index (χ4v) is 3.30. The second kappa shape index (κ2) is 11.8. The lowest BCUT2D eigenvalue weighted by Gasteiger charge is -2.07. The van der Waals surface area contributed by atoms with Crippen LogP contribution < -0.4 is 9.13 Å². The molecule has 3 nitrogen and oxygen atoms in total. The summed E-state index contributed by atoms with van der Waals surface area (Å²) in [7, 11) is 0. The van der Waals surface area contributed by atoms with Crippen LogP contribution in [0.2, 0.25) is 0 Å². The first-order valence-corrected chi connectivity index (χ1v) is 10.4. The van der Waals surface area contributed by atoms with Crippen molar-refractivity contribution in [3.8, 4) is 11.1 Å². The van der Waals surface area contributed by atoms with Crippen LogP contribution in [0, 0.1) is 0 Å². The summed E-state index contributed by atoms with van der Waals surface area (Å²) in [5.41, 5.74) is 2.39. The molecule has 0 saturated heterocycles. The van der Waals surface area contributed by atoms with Gasteiger partial charge in [-0.15, -0.1) is 0 Å². The van der Waals surface area contributed by atoms with E-state index in [9.17, 15) is 5.11 Å². The molecule has 0 fully saturated rings. The van der Waals surface area contributed by atoms with Crippen molar-refractivity contribution in [1.82, 2.24) is 0 Å². The van der Waals surface area contributed by atoms with Crippen LogP contribution >= 0.6 is 0 Å². The smallest absolute Gasteiger partial charge is 0.259 e. The molecule has 0 aliphatic rings. The standard InChI is InChI=1S/C23H36N2O/c1-3-5-6-7-8-9-10-11-12-23(26)25-19-15-22(16-20-25)21-13-17-24(4-2)18-14-21/h13-20,23,26H,3-12H2,1-2H3/q+2. The maximum atomic E-state index is 10.4. The molecule has 1 N–H and O–H groups in total. The van der Waals surface area contributed by atoms with Crippen molar-refractivity contribution in [2.24, 2.45) is 0 Å². The first-order valence-electron chi connectivity index (χ1n) is 10.4. The molecule has 142 valence electrons. The number of aromatic nitrogens is 2. The third kappa shape index (κ3) is 6.87. The maximum Gasteiger partial charge on any atom is 0.259 e. The second-order valence-electron chi connectivity index (χ2n) is 7.20. The van der Waals surface area contributed by atoms with Crippen molar-refractivity contribution >= 4 is 0 Å². The van der Waals surface area contributed by atoms with Crippen LogP contribution in [-0.2, 0) is 6.54 Å². The first-order chi connectivity index (χ1) is 12.7. The highest BCUT2D eigenvalue weighted by Gasteiger charge is 2.14. The van der Waals surface area contributed by atoms with Crippen LogP contribution in [0.15, 0.2) is 49.1 Å². The van der Waals surface area contributed by atoms with Gasteiger partial charge in [0, 0.05) is 30.7 Å². The normalized spacial score (nSPS) is 12.3. The molecule has 0 aromatic carbocycles. The van der Waals surface area contributed by atoms with Crippen LogP contribution in [0.25, 0.3) is 11.1 Å². The molecule has 2 aromatic rings. The zero-order chi connectivity index (χ0) is 18.6. The maximum absolute atomic E-state index is 10.4. The van der Waals surface area contributed by atoms with Gasteiger partial charge in [0.2, 0.25) is 0 Å². The number of rotatable bonds is 12. The summed E-state index contributed by atoms with van der Waals surface area (Å²) >= 11 is 0. The molecule has 0 bridgehead atoms. The Morgan fingerprint density at radius 2 is 1.23 bits per heavy atom. The number of aliphatic hydroxyl groups excluding tert-OH is 1. The topological polar surface area (TPSA) is 28.0 Å². The second-order valence-corrected chi connectivity index (χ2v) is 7.20. The SMILES string of the molecule is CCCCCCCCCCC(O)[n+]1ccc(-c2cc[n+](CC)cc2)cc1. The van der Waals surface area contributed by atoms with Gasteiger partial charge in [0.05, 0.1) is 0 Å². The Hall–Kier alpha value is -1.74. The minimum Gasteiger partial charge on any atom is -0.337 e. The summed E-state index contributed by atoms with van der Waals surface area (Å²) < 4.78 is 4.07. The minimum atomic E-state index is -0.415. The van der Waals surface area contributed by atoms with Crippen molar-refractivity contribution in [1.29, 1.82) is 0 Å². The van der Waals surface area contributed by atoms with Crippen molar-refractivity contribution in [2.75, 3.05) is 0 Å². The average Bonchev–Trinajstić information content (AvgIpc) is 2.70. The zero-order valence-electron chi connectivity index (χ0n) is 16.6. The quantitative estimate of drug-likeness (QED) is 0.422. The van der Waals surface area contributed by atoms with Gasteiger partial charge < -0.3 is 5.11 Å². The van der Waals surface area contributed by atoms with Crippen molar-refractivity contribution < 1.29 is 14.2 Å². The van der Waals surface area contributed by atoms with Gasteiger partial charge in [-0.2, -0.15) is 4.57 Å². The molecule has 3 heteroatoms. The van der Waals surface area contributed by atoms with E-state index in [4.69, 9.17) is 0 Å². The average molecular weight is 357 g/mol. The van der Waals surface area contributed by atoms with Crippen molar-refractivity contribution in [3.63, 3.8) is 0 Å². The molecule has 0 saturated carbocycles. The monoisotopic (exact) mass is 356 g/mol. The molecule has 0 aliphatic carbocycles. The van der Waals surface area contributed by atoms with Crippen LogP contribution in [0.3, 0.4) is 0 Å². The number of nitrogens with zero attached hydrogens (tertiary/aromatic N) is 2. The number of hydrogen-bond acceptors (Lipinski definition) is 1. The van der Waals surface area contributed by atoms with E-state index in [1.54, 1.807) is 0 Å². The summed E-state index contributed by atoms with van der Waals surface area (Å²) in [6, 6.07) is 8.45. The van der Waals surface area contributed by atoms with Crippen LogP contribution in [0.5, 0.6) is 0 Å². The Kier molecular flexibility index (Phi) is 9.33. The highest BCUT2D eigenvalue weighted by Crippen LogP contribution is 2.17. The Bertz CT molecular complexity index is 607. The summed E-state index contributed by atoms with van der Waals surface area (Å²) in [5, 5.41) is 10.4. The summed E-state index contributed by atoms with van der Waals surface area (Å²) in [4.78, 5) is 0.